The fourth-order valence-corrected chi connectivity index (χ4v) is 3.91. The van der Waals surface area contributed by atoms with Crippen LogP contribution in [0.3, 0.4) is 0 Å². The molecule has 0 spiro atoms. The van der Waals surface area contributed by atoms with Gasteiger partial charge in [-0.2, -0.15) is 0 Å². The van der Waals surface area contributed by atoms with Gasteiger partial charge in [-0.05, 0) is 41.3 Å². The first-order valence-electron chi connectivity index (χ1n) is 9.78. The molecule has 0 radical (unpaired) electrons. The summed E-state index contributed by atoms with van der Waals surface area (Å²) >= 11 is 0. The number of fused-ring (bicyclic) bond motifs is 1. The number of phenolic OH excluding ortho intramolecular Hbond substituents is 1. The first-order valence-corrected chi connectivity index (χ1v) is 9.78. The molecule has 0 aliphatic carbocycles. The lowest BCUT2D eigenvalue weighted by Gasteiger charge is -2.26. The van der Waals surface area contributed by atoms with Crippen LogP contribution in [0.2, 0.25) is 0 Å². The first kappa shape index (κ1) is 18.3. The number of hydrogen-bond acceptors (Lipinski definition) is 2. The fourth-order valence-electron chi connectivity index (χ4n) is 3.91. The van der Waals surface area contributed by atoms with E-state index in [0.29, 0.717) is 5.75 Å². The van der Waals surface area contributed by atoms with Crippen LogP contribution < -0.4 is 5.32 Å². The lowest BCUT2D eigenvalue weighted by molar-refractivity contribution is 0.424. The largest absolute Gasteiger partial charge is 0.508 e. The Labute approximate surface area is 166 Å². The second kappa shape index (κ2) is 8.28. The molecule has 0 aliphatic heterocycles. The summed E-state index contributed by atoms with van der Waals surface area (Å²) in [5.41, 5.74) is 3.44. The van der Waals surface area contributed by atoms with E-state index >= 15 is 0 Å². The normalized spacial score (nSPS) is 13.3. The Morgan fingerprint density at radius 1 is 0.714 bits per heavy atom. The molecular weight excluding hydrogens is 342 g/mol. The van der Waals surface area contributed by atoms with Crippen LogP contribution >= 0.6 is 0 Å². The third-order valence-electron chi connectivity index (χ3n) is 5.34. The van der Waals surface area contributed by atoms with E-state index < -0.39 is 0 Å². The predicted molar refractivity (Wildman–Crippen MR) is 116 cm³/mol. The van der Waals surface area contributed by atoms with Crippen molar-refractivity contribution < 1.29 is 5.11 Å². The molecule has 4 aromatic carbocycles. The van der Waals surface area contributed by atoms with Crippen LogP contribution in [-0.4, -0.2) is 5.11 Å². The summed E-state index contributed by atoms with van der Waals surface area (Å²) < 4.78 is 0. The fraction of sp³-hybridized carbons (Fsp3) is 0.154. The zero-order valence-corrected chi connectivity index (χ0v) is 16.0. The van der Waals surface area contributed by atoms with Gasteiger partial charge in [0.15, 0.2) is 0 Å². The highest BCUT2D eigenvalue weighted by atomic mass is 16.3. The second-order valence-electron chi connectivity index (χ2n) is 7.26. The van der Waals surface area contributed by atoms with Crippen molar-refractivity contribution >= 4 is 10.8 Å². The number of para-hydroxylation sites is 1. The first-order chi connectivity index (χ1) is 13.7. The van der Waals surface area contributed by atoms with Crippen molar-refractivity contribution in [3.63, 3.8) is 0 Å². The summed E-state index contributed by atoms with van der Waals surface area (Å²) in [4.78, 5) is 0. The molecule has 0 aliphatic rings. The number of aromatic hydroxyl groups is 1. The van der Waals surface area contributed by atoms with Crippen molar-refractivity contribution in [2.75, 3.05) is 0 Å². The van der Waals surface area contributed by atoms with Gasteiger partial charge in [-0.1, -0.05) is 91.0 Å². The van der Waals surface area contributed by atoms with Gasteiger partial charge in [0.1, 0.15) is 5.75 Å². The Kier molecular flexibility index (Phi) is 5.41. The number of rotatable bonds is 6. The Morgan fingerprint density at radius 3 is 2.18 bits per heavy atom. The van der Waals surface area contributed by atoms with Gasteiger partial charge in [-0.3, -0.25) is 0 Å². The summed E-state index contributed by atoms with van der Waals surface area (Å²) in [6.07, 6.45) is 0.813. The zero-order chi connectivity index (χ0) is 19.3. The minimum atomic E-state index is 0.0116. The van der Waals surface area contributed by atoms with Crippen LogP contribution in [0.25, 0.3) is 10.8 Å². The van der Waals surface area contributed by atoms with Gasteiger partial charge in [-0.25, -0.2) is 0 Å². The Balaban J connectivity index is 1.67. The van der Waals surface area contributed by atoms with Gasteiger partial charge in [0.2, 0.25) is 0 Å². The highest BCUT2D eigenvalue weighted by Gasteiger charge is 2.19. The van der Waals surface area contributed by atoms with Crippen LogP contribution in [0.15, 0.2) is 97.1 Å². The highest BCUT2D eigenvalue weighted by Crippen LogP contribution is 2.31. The van der Waals surface area contributed by atoms with E-state index in [2.05, 4.69) is 79.0 Å². The predicted octanol–water partition coefficient (Wildman–Crippen LogP) is 6.18. The number of hydrogen-bond donors (Lipinski definition) is 2. The molecule has 0 amide bonds. The van der Waals surface area contributed by atoms with Crippen molar-refractivity contribution in [2.45, 2.75) is 25.4 Å². The molecule has 0 saturated carbocycles. The highest BCUT2D eigenvalue weighted by molar-refractivity contribution is 5.86. The van der Waals surface area contributed by atoms with Crippen molar-refractivity contribution in [1.82, 2.24) is 5.32 Å². The molecule has 0 aromatic heterocycles. The SMILES string of the molecule is C[C@H](N[C@H](Cc1ccccc1)c1ccccc1O)c1cccc2ccccc12. The molecule has 0 bridgehead atoms. The summed E-state index contributed by atoms with van der Waals surface area (Å²) in [6, 6.07) is 33.1. The molecule has 0 saturated heterocycles. The summed E-state index contributed by atoms with van der Waals surface area (Å²) in [7, 11) is 0. The van der Waals surface area contributed by atoms with E-state index in [4.69, 9.17) is 0 Å². The zero-order valence-electron chi connectivity index (χ0n) is 16.0. The van der Waals surface area contributed by atoms with Crippen LogP contribution in [0.1, 0.15) is 35.7 Å². The van der Waals surface area contributed by atoms with Crippen LogP contribution in [0.5, 0.6) is 5.75 Å². The van der Waals surface area contributed by atoms with E-state index in [9.17, 15) is 5.11 Å². The smallest absolute Gasteiger partial charge is 0.120 e. The number of benzene rings is 4. The molecule has 2 heteroatoms. The van der Waals surface area contributed by atoms with Gasteiger partial charge in [0.05, 0.1) is 0 Å². The molecule has 2 nitrogen and oxygen atoms in total. The number of phenols is 1. The minimum Gasteiger partial charge on any atom is -0.508 e. The second-order valence-corrected chi connectivity index (χ2v) is 7.26. The average molecular weight is 367 g/mol. The molecule has 28 heavy (non-hydrogen) atoms. The van der Waals surface area contributed by atoms with Crippen molar-refractivity contribution in [2.24, 2.45) is 0 Å². The Morgan fingerprint density at radius 2 is 1.36 bits per heavy atom. The van der Waals surface area contributed by atoms with Gasteiger partial charge in [-0.15, -0.1) is 0 Å². The van der Waals surface area contributed by atoms with E-state index in [1.54, 1.807) is 6.07 Å². The Hall–Kier alpha value is -3.10. The van der Waals surface area contributed by atoms with Crippen LogP contribution in [0.4, 0.5) is 0 Å². The maximum Gasteiger partial charge on any atom is 0.120 e. The van der Waals surface area contributed by atoms with Crippen molar-refractivity contribution in [1.29, 1.82) is 0 Å². The Bertz CT molecular complexity index is 1050. The molecule has 0 unspecified atom stereocenters. The van der Waals surface area contributed by atoms with E-state index in [1.807, 2.05) is 24.3 Å². The molecule has 4 rings (SSSR count). The summed E-state index contributed by atoms with van der Waals surface area (Å²) in [5.74, 6) is 0.334. The number of nitrogens with one attached hydrogen (secondary N) is 1. The van der Waals surface area contributed by atoms with Gasteiger partial charge < -0.3 is 10.4 Å². The van der Waals surface area contributed by atoms with Gasteiger partial charge in [0.25, 0.3) is 0 Å². The molecule has 140 valence electrons. The van der Waals surface area contributed by atoms with Crippen molar-refractivity contribution in [3.05, 3.63) is 114 Å². The third-order valence-corrected chi connectivity index (χ3v) is 5.34. The van der Waals surface area contributed by atoms with Gasteiger partial charge >= 0.3 is 0 Å². The van der Waals surface area contributed by atoms with Crippen LogP contribution in [0, 0.1) is 0 Å². The summed E-state index contributed by atoms with van der Waals surface area (Å²) in [6.45, 7) is 2.19. The third kappa shape index (κ3) is 3.92. The topological polar surface area (TPSA) is 32.3 Å². The molecule has 0 fully saturated rings. The maximum atomic E-state index is 10.5. The molecule has 4 aromatic rings. The molecule has 2 atom stereocenters. The average Bonchev–Trinajstić information content (AvgIpc) is 2.74. The quantitative estimate of drug-likeness (QED) is 0.426. The maximum absolute atomic E-state index is 10.5. The van der Waals surface area contributed by atoms with E-state index in [0.717, 1.165) is 12.0 Å². The minimum absolute atomic E-state index is 0.0116. The lowest BCUT2D eigenvalue weighted by atomic mass is 9.94. The summed E-state index contributed by atoms with van der Waals surface area (Å²) in [5, 5.41) is 16.8. The van der Waals surface area contributed by atoms with Crippen molar-refractivity contribution in [3.8, 4) is 5.75 Å². The van der Waals surface area contributed by atoms with E-state index in [-0.39, 0.29) is 12.1 Å². The van der Waals surface area contributed by atoms with Gasteiger partial charge in [0, 0.05) is 17.6 Å². The molecule has 2 N–H and O–H groups in total. The lowest BCUT2D eigenvalue weighted by Crippen LogP contribution is -2.26. The monoisotopic (exact) mass is 367 g/mol. The molecular formula is C26H25NO. The van der Waals surface area contributed by atoms with Crippen LogP contribution in [-0.2, 0) is 6.42 Å². The van der Waals surface area contributed by atoms with E-state index in [1.165, 1.54) is 21.9 Å². The molecule has 0 heterocycles. The standard InChI is InChI=1S/C26H25NO/c1-19(22-16-9-13-21-12-5-6-14-23(21)22)27-25(18-20-10-3-2-4-11-20)24-15-7-8-17-26(24)28/h2-17,19,25,27-28H,18H2,1H3/t19-,25+/m0/s1.